The van der Waals surface area contributed by atoms with Crippen molar-refractivity contribution < 1.29 is 14.7 Å². The van der Waals surface area contributed by atoms with Gasteiger partial charge in [-0.3, -0.25) is 14.5 Å². The molecule has 226 valence electrons. The minimum Gasteiger partial charge on any atom is -0.480 e. The van der Waals surface area contributed by atoms with Crippen LogP contribution in [-0.2, 0) is 9.59 Å². The third-order valence-electron chi connectivity index (χ3n) is 11.4. The lowest BCUT2D eigenvalue weighted by atomic mass is 9.71. The number of carboxylic acid groups (broad SMARTS) is 1. The number of nitrogens with zero attached hydrogens (tertiary/aromatic N) is 4. The average molecular weight is 576 g/mol. The Morgan fingerprint density at radius 1 is 0.929 bits per heavy atom. The molecule has 5 aliphatic rings. The number of fused-ring (bicyclic) bond motifs is 5. The Bertz CT molecular complexity index is 1410. The molecule has 9 heteroatoms. The molecule has 1 aromatic carbocycles. The summed E-state index contributed by atoms with van der Waals surface area (Å²) < 4.78 is 1.96. The second kappa shape index (κ2) is 11.0. The summed E-state index contributed by atoms with van der Waals surface area (Å²) in [6.45, 7) is 4.04. The van der Waals surface area contributed by atoms with Crippen LogP contribution < -0.4 is 15.8 Å². The molecule has 4 bridgehead atoms. The number of nitrogens with one attached hydrogen (secondary N) is 1. The molecule has 1 amide bonds. The number of aromatic nitrogens is 2. The summed E-state index contributed by atoms with van der Waals surface area (Å²) in [4.78, 5) is 47.5. The summed E-state index contributed by atoms with van der Waals surface area (Å²) in [5, 5.41) is 12.7. The van der Waals surface area contributed by atoms with Crippen LogP contribution >= 0.6 is 0 Å². The number of carboxylic acids is 1. The number of hydrogen-bond acceptors (Lipinski definition) is 6. The second-order valence-electron chi connectivity index (χ2n) is 14.1. The Morgan fingerprint density at radius 3 is 2.38 bits per heavy atom. The summed E-state index contributed by atoms with van der Waals surface area (Å²) in [5.74, 6) is 1.17. The largest absolute Gasteiger partial charge is 0.480 e. The van der Waals surface area contributed by atoms with Crippen LogP contribution in [0.2, 0.25) is 0 Å². The van der Waals surface area contributed by atoms with Gasteiger partial charge in [0.15, 0.2) is 11.9 Å². The van der Waals surface area contributed by atoms with Crippen molar-refractivity contribution in [2.24, 2.45) is 17.8 Å². The molecule has 8 atom stereocenters. The van der Waals surface area contributed by atoms with Crippen LogP contribution in [-0.4, -0.2) is 68.2 Å². The highest BCUT2D eigenvalue weighted by Gasteiger charge is 2.49. The van der Waals surface area contributed by atoms with Gasteiger partial charge >= 0.3 is 5.97 Å². The van der Waals surface area contributed by atoms with Gasteiger partial charge in [0, 0.05) is 37.6 Å². The number of para-hydroxylation sites is 2. The molecule has 1 aromatic heterocycles. The molecule has 5 fully saturated rings. The number of carbonyl (C=O) groups is 2. The first-order chi connectivity index (χ1) is 20.3. The number of rotatable bonds is 5. The number of piperidine rings is 2. The Balaban J connectivity index is 1.23. The molecule has 2 saturated carbocycles. The van der Waals surface area contributed by atoms with Gasteiger partial charge in [-0.1, -0.05) is 44.7 Å². The van der Waals surface area contributed by atoms with Crippen molar-refractivity contribution in [3.05, 3.63) is 34.6 Å². The van der Waals surface area contributed by atoms with E-state index in [1.807, 2.05) is 28.8 Å². The average Bonchev–Trinajstić information content (AvgIpc) is 3.11. The zero-order chi connectivity index (χ0) is 29.1. The highest BCUT2D eigenvalue weighted by Crippen LogP contribution is 2.48. The van der Waals surface area contributed by atoms with E-state index in [2.05, 4.69) is 17.1 Å². The van der Waals surface area contributed by atoms with E-state index >= 15 is 0 Å². The monoisotopic (exact) mass is 575 g/mol. The molecule has 2 N–H and O–H groups in total. The Morgan fingerprint density at radius 2 is 1.67 bits per heavy atom. The number of carbonyl (C=O) groups excluding carboxylic acids is 1. The number of hydrogen-bond donors (Lipinski definition) is 2. The third-order valence-corrected chi connectivity index (χ3v) is 11.4. The van der Waals surface area contributed by atoms with Gasteiger partial charge in [-0.15, -0.1) is 0 Å². The first kappa shape index (κ1) is 27.9. The topological polar surface area (TPSA) is 108 Å². The maximum absolute atomic E-state index is 14.3. The molecular weight excluding hydrogens is 530 g/mol. The molecule has 4 heterocycles. The summed E-state index contributed by atoms with van der Waals surface area (Å²) >= 11 is 0. The minimum atomic E-state index is -1.06. The fourth-order valence-corrected chi connectivity index (χ4v) is 9.64. The van der Waals surface area contributed by atoms with Gasteiger partial charge in [-0.05, 0) is 74.8 Å². The van der Waals surface area contributed by atoms with Crippen LogP contribution in [0.15, 0.2) is 29.1 Å². The SMILES string of the molecule is CC(=O)NC1CN(c2nc3ccccc3n(C3CC4CCC(C)C(C3)N4C3CC4CCCCC(C4)C3)c2=O)C1C(=O)O. The van der Waals surface area contributed by atoms with Crippen molar-refractivity contribution in [2.75, 3.05) is 11.4 Å². The van der Waals surface area contributed by atoms with E-state index in [4.69, 9.17) is 4.98 Å². The molecule has 7 rings (SSSR count). The molecule has 0 radical (unpaired) electrons. The number of benzene rings is 1. The molecule has 8 unspecified atom stereocenters. The molecule has 0 spiro atoms. The fourth-order valence-electron chi connectivity index (χ4n) is 9.64. The molecule has 2 aromatic rings. The standard InChI is InChI=1S/C33H45N5O4/c1-19-11-12-23-16-25(17-29(19)37(23)24-14-21-7-3-4-8-22(13-21)15-24)38-28-10-6-5-9-26(28)35-31(32(38)40)36-18-27(34-20(2)39)30(36)33(41)42/h5-6,9-10,19,21-25,27,29-30H,3-4,7-8,11-18H2,1-2H3,(H,34,39)(H,41,42). The lowest BCUT2D eigenvalue weighted by Crippen LogP contribution is -2.71. The van der Waals surface area contributed by atoms with Gasteiger partial charge in [0.2, 0.25) is 5.91 Å². The Hall–Kier alpha value is -2.94. The van der Waals surface area contributed by atoms with E-state index in [0.717, 1.165) is 30.2 Å². The van der Waals surface area contributed by atoms with Crippen LogP contribution in [0.4, 0.5) is 5.82 Å². The van der Waals surface area contributed by atoms with Crippen LogP contribution in [0, 0.1) is 17.8 Å². The van der Waals surface area contributed by atoms with E-state index < -0.39 is 18.1 Å². The van der Waals surface area contributed by atoms with Crippen LogP contribution in [0.25, 0.3) is 11.0 Å². The summed E-state index contributed by atoms with van der Waals surface area (Å²) in [7, 11) is 0. The van der Waals surface area contributed by atoms with E-state index in [1.165, 1.54) is 64.7 Å². The van der Waals surface area contributed by atoms with Crippen molar-refractivity contribution in [1.82, 2.24) is 19.8 Å². The summed E-state index contributed by atoms with van der Waals surface area (Å²) in [5.41, 5.74) is 1.32. The maximum atomic E-state index is 14.3. The van der Waals surface area contributed by atoms with Crippen molar-refractivity contribution in [1.29, 1.82) is 0 Å². The van der Waals surface area contributed by atoms with Gasteiger partial charge < -0.3 is 19.9 Å². The molecule has 3 aliphatic heterocycles. The fraction of sp³-hybridized carbons (Fsp3) is 0.697. The number of aliphatic carboxylic acids is 1. The molecule has 3 saturated heterocycles. The van der Waals surface area contributed by atoms with Crippen LogP contribution in [0.1, 0.15) is 90.5 Å². The van der Waals surface area contributed by atoms with Crippen LogP contribution in [0.3, 0.4) is 0 Å². The zero-order valence-electron chi connectivity index (χ0n) is 25.0. The molecule has 42 heavy (non-hydrogen) atoms. The Labute approximate surface area is 247 Å². The van der Waals surface area contributed by atoms with E-state index in [9.17, 15) is 19.5 Å². The van der Waals surface area contributed by atoms with Gasteiger partial charge in [0.1, 0.15) is 0 Å². The first-order valence-corrected chi connectivity index (χ1v) is 16.3. The zero-order valence-corrected chi connectivity index (χ0v) is 25.0. The van der Waals surface area contributed by atoms with Gasteiger partial charge in [-0.2, -0.15) is 0 Å². The van der Waals surface area contributed by atoms with Gasteiger partial charge in [-0.25, -0.2) is 9.78 Å². The normalized spacial score (nSPS) is 36.6. The van der Waals surface area contributed by atoms with Crippen molar-refractivity contribution in [3.8, 4) is 0 Å². The minimum absolute atomic E-state index is 0.0414. The molecule has 2 aliphatic carbocycles. The van der Waals surface area contributed by atoms with Crippen molar-refractivity contribution in [2.45, 2.75) is 121 Å². The van der Waals surface area contributed by atoms with Crippen LogP contribution in [0.5, 0.6) is 0 Å². The highest BCUT2D eigenvalue weighted by atomic mass is 16.4. The lowest BCUT2D eigenvalue weighted by Gasteiger charge is -2.56. The van der Waals surface area contributed by atoms with Crippen molar-refractivity contribution in [3.63, 3.8) is 0 Å². The molecular formula is C33H45N5O4. The predicted molar refractivity (Wildman–Crippen MR) is 162 cm³/mol. The molecule has 9 nitrogen and oxygen atoms in total. The van der Waals surface area contributed by atoms with E-state index in [1.54, 1.807) is 4.90 Å². The highest BCUT2D eigenvalue weighted by molar-refractivity contribution is 5.85. The van der Waals surface area contributed by atoms with E-state index in [0.29, 0.717) is 29.6 Å². The van der Waals surface area contributed by atoms with Gasteiger partial charge in [0.25, 0.3) is 5.56 Å². The first-order valence-electron chi connectivity index (χ1n) is 16.3. The maximum Gasteiger partial charge on any atom is 0.328 e. The predicted octanol–water partition coefficient (Wildman–Crippen LogP) is 4.34. The summed E-state index contributed by atoms with van der Waals surface area (Å²) in [6, 6.07) is 7.83. The summed E-state index contributed by atoms with van der Waals surface area (Å²) in [6.07, 6.45) is 14.0. The number of amides is 1. The number of anilines is 1. The second-order valence-corrected chi connectivity index (χ2v) is 14.1. The Kier molecular flexibility index (Phi) is 7.27. The van der Waals surface area contributed by atoms with E-state index in [-0.39, 0.29) is 29.9 Å². The quantitative estimate of drug-likeness (QED) is 0.546. The smallest absolute Gasteiger partial charge is 0.328 e. The lowest BCUT2D eigenvalue weighted by molar-refractivity contribution is -0.141. The van der Waals surface area contributed by atoms with Crippen molar-refractivity contribution >= 4 is 28.7 Å². The third kappa shape index (κ3) is 4.81. The van der Waals surface area contributed by atoms with Gasteiger partial charge in [0.05, 0.1) is 17.1 Å².